The molecular weight excluding hydrogens is 590 g/mol. The summed E-state index contributed by atoms with van der Waals surface area (Å²) in [5, 5.41) is 2.99. The first-order chi connectivity index (χ1) is 19.0. The summed E-state index contributed by atoms with van der Waals surface area (Å²) in [6.45, 7) is 6.19. The fraction of sp³-hybridized carbons (Fsp3) is 0.355. The molecule has 9 heteroatoms. The third-order valence-electron chi connectivity index (χ3n) is 6.51. The van der Waals surface area contributed by atoms with Gasteiger partial charge in [-0.2, -0.15) is 0 Å². The molecule has 1 atom stereocenters. The standard InChI is InChI=1S/C31H38BrN3O4S/c1-5-24-14-16-28(17-15-24)35(40(4,38)39)22-30(36)34(21-26-12-9-13-27(32)18-26)29(31(37)33-20-23(2)3)19-25-10-7-6-8-11-25/h6-18,23,29H,5,19-22H2,1-4H3,(H,33,37)/t29-/m0/s1. The third-order valence-corrected chi connectivity index (χ3v) is 8.14. The number of nitrogens with one attached hydrogen (secondary N) is 1. The number of anilines is 1. The van der Waals surface area contributed by atoms with Crippen molar-refractivity contribution in [2.24, 2.45) is 5.92 Å². The molecule has 0 aromatic heterocycles. The fourth-order valence-electron chi connectivity index (χ4n) is 4.32. The summed E-state index contributed by atoms with van der Waals surface area (Å²) in [6, 6.07) is 23.3. The van der Waals surface area contributed by atoms with Crippen molar-refractivity contribution in [1.29, 1.82) is 0 Å². The first kappa shape index (κ1) is 31.4. The Balaban J connectivity index is 2.03. The van der Waals surface area contributed by atoms with Gasteiger partial charge in [-0.3, -0.25) is 13.9 Å². The average molecular weight is 629 g/mol. The van der Waals surface area contributed by atoms with Crippen molar-refractivity contribution in [2.45, 2.75) is 46.2 Å². The molecule has 0 fully saturated rings. The number of amides is 2. The smallest absolute Gasteiger partial charge is 0.244 e. The number of sulfonamides is 1. The van der Waals surface area contributed by atoms with Crippen molar-refractivity contribution in [3.8, 4) is 0 Å². The zero-order valence-corrected chi connectivity index (χ0v) is 25.9. The van der Waals surface area contributed by atoms with Crippen molar-refractivity contribution in [3.05, 3.63) is 100 Å². The second kappa shape index (κ2) is 14.5. The first-order valence-electron chi connectivity index (χ1n) is 13.4. The lowest BCUT2D eigenvalue weighted by atomic mass is 10.0. The Labute approximate surface area is 246 Å². The minimum Gasteiger partial charge on any atom is -0.354 e. The van der Waals surface area contributed by atoms with E-state index in [4.69, 9.17) is 0 Å². The van der Waals surface area contributed by atoms with Gasteiger partial charge in [0.2, 0.25) is 21.8 Å². The van der Waals surface area contributed by atoms with Crippen LogP contribution in [-0.2, 0) is 39.0 Å². The van der Waals surface area contributed by atoms with E-state index in [0.717, 1.165) is 38.1 Å². The molecule has 7 nitrogen and oxygen atoms in total. The van der Waals surface area contributed by atoms with Gasteiger partial charge in [0.25, 0.3) is 0 Å². The van der Waals surface area contributed by atoms with Gasteiger partial charge in [0.1, 0.15) is 12.6 Å². The van der Waals surface area contributed by atoms with Crippen LogP contribution < -0.4 is 9.62 Å². The molecule has 3 rings (SSSR count). The molecule has 214 valence electrons. The average Bonchev–Trinajstić information content (AvgIpc) is 2.92. The maximum Gasteiger partial charge on any atom is 0.244 e. The molecular formula is C31H38BrN3O4S. The Morgan fingerprint density at radius 2 is 1.55 bits per heavy atom. The second-order valence-electron chi connectivity index (χ2n) is 10.3. The van der Waals surface area contributed by atoms with Gasteiger partial charge in [-0.1, -0.05) is 91.3 Å². The van der Waals surface area contributed by atoms with E-state index < -0.39 is 28.5 Å². The van der Waals surface area contributed by atoms with E-state index in [2.05, 4.69) is 21.2 Å². The lowest BCUT2D eigenvalue weighted by Gasteiger charge is -2.33. The van der Waals surface area contributed by atoms with E-state index in [9.17, 15) is 18.0 Å². The van der Waals surface area contributed by atoms with Crippen LogP contribution in [0, 0.1) is 5.92 Å². The molecule has 3 aromatic rings. The van der Waals surface area contributed by atoms with Crippen molar-refractivity contribution >= 4 is 43.5 Å². The van der Waals surface area contributed by atoms with Gasteiger partial charge in [-0.05, 0) is 53.3 Å². The number of hydrogen-bond acceptors (Lipinski definition) is 4. The van der Waals surface area contributed by atoms with Gasteiger partial charge in [0.15, 0.2) is 0 Å². The first-order valence-corrected chi connectivity index (χ1v) is 16.0. The second-order valence-corrected chi connectivity index (χ2v) is 13.1. The quantitative estimate of drug-likeness (QED) is 0.283. The lowest BCUT2D eigenvalue weighted by Crippen LogP contribution is -2.53. The van der Waals surface area contributed by atoms with E-state index in [1.54, 1.807) is 12.1 Å². The number of benzene rings is 3. The van der Waals surface area contributed by atoms with Gasteiger partial charge in [-0.25, -0.2) is 8.42 Å². The summed E-state index contributed by atoms with van der Waals surface area (Å²) in [5.41, 5.74) is 3.17. The molecule has 0 aliphatic rings. The molecule has 3 aromatic carbocycles. The predicted octanol–water partition coefficient (Wildman–Crippen LogP) is 5.19. The molecule has 1 N–H and O–H groups in total. The molecule has 40 heavy (non-hydrogen) atoms. The van der Waals surface area contributed by atoms with E-state index in [0.29, 0.717) is 12.2 Å². The number of hydrogen-bond donors (Lipinski definition) is 1. The third kappa shape index (κ3) is 9.20. The molecule has 0 unspecified atom stereocenters. The molecule has 0 heterocycles. The number of nitrogens with zero attached hydrogens (tertiary/aromatic N) is 2. The van der Waals surface area contributed by atoms with Gasteiger partial charge in [0, 0.05) is 24.0 Å². The summed E-state index contributed by atoms with van der Waals surface area (Å²) >= 11 is 3.49. The van der Waals surface area contributed by atoms with Crippen LogP contribution in [0.3, 0.4) is 0 Å². The highest BCUT2D eigenvalue weighted by Gasteiger charge is 2.33. The van der Waals surface area contributed by atoms with Crippen LogP contribution in [0.5, 0.6) is 0 Å². The molecule has 2 amide bonds. The maximum absolute atomic E-state index is 14.1. The van der Waals surface area contributed by atoms with E-state index in [1.165, 1.54) is 4.90 Å². The summed E-state index contributed by atoms with van der Waals surface area (Å²) in [6.07, 6.45) is 2.18. The molecule has 0 saturated carbocycles. The van der Waals surface area contributed by atoms with Gasteiger partial charge < -0.3 is 10.2 Å². The van der Waals surface area contributed by atoms with Crippen molar-refractivity contribution in [3.63, 3.8) is 0 Å². The van der Waals surface area contributed by atoms with Crippen LogP contribution in [-0.4, -0.2) is 50.5 Å². The maximum atomic E-state index is 14.1. The van der Waals surface area contributed by atoms with Crippen molar-refractivity contribution in [2.75, 3.05) is 23.7 Å². The molecule has 0 bridgehead atoms. The minimum absolute atomic E-state index is 0.136. The number of halogens is 1. The molecule has 0 spiro atoms. The van der Waals surface area contributed by atoms with Crippen LogP contribution in [0.4, 0.5) is 5.69 Å². The van der Waals surface area contributed by atoms with Gasteiger partial charge in [-0.15, -0.1) is 0 Å². The minimum atomic E-state index is -3.79. The van der Waals surface area contributed by atoms with Gasteiger partial charge >= 0.3 is 0 Å². The van der Waals surface area contributed by atoms with E-state index in [1.807, 2.05) is 87.5 Å². The highest BCUT2D eigenvalue weighted by molar-refractivity contribution is 9.10. The monoisotopic (exact) mass is 627 g/mol. The normalized spacial score (nSPS) is 12.2. The number of aryl methyl sites for hydroxylation is 1. The predicted molar refractivity (Wildman–Crippen MR) is 164 cm³/mol. The Kier molecular flexibility index (Phi) is 11.3. The topological polar surface area (TPSA) is 86.8 Å². The number of carbonyl (C=O) groups excluding carboxylic acids is 2. The lowest BCUT2D eigenvalue weighted by molar-refractivity contribution is -0.140. The molecule has 0 radical (unpaired) electrons. The molecule has 0 saturated heterocycles. The van der Waals surface area contributed by atoms with Crippen LogP contribution in [0.2, 0.25) is 0 Å². The van der Waals surface area contributed by atoms with Gasteiger partial charge in [0.05, 0.1) is 11.9 Å². The summed E-state index contributed by atoms with van der Waals surface area (Å²) < 4.78 is 27.7. The highest BCUT2D eigenvalue weighted by atomic mass is 79.9. The Hall–Kier alpha value is -3.17. The summed E-state index contributed by atoms with van der Waals surface area (Å²) in [7, 11) is -3.79. The van der Waals surface area contributed by atoms with Crippen molar-refractivity contribution < 1.29 is 18.0 Å². The summed E-state index contributed by atoms with van der Waals surface area (Å²) in [5.74, 6) is -0.521. The zero-order valence-electron chi connectivity index (χ0n) is 23.5. The van der Waals surface area contributed by atoms with E-state index >= 15 is 0 Å². The number of carbonyl (C=O) groups is 2. The number of rotatable bonds is 13. The zero-order chi connectivity index (χ0) is 29.3. The fourth-order valence-corrected chi connectivity index (χ4v) is 5.62. The summed E-state index contributed by atoms with van der Waals surface area (Å²) in [4.78, 5) is 29.2. The highest BCUT2D eigenvalue weighted by Crippen LogP contribution is 2.22. The Morgan fingerprint density at radius 1 is 0.900 bits per heavy atom. The largest absolute Gasteiger partial charge is 0.354 e. The molecule has 0 aliphatic heterocycles. The van der Waals surface area contributed by atoms with E-state index in [-0.39, 0.29) is 24.8 Å². The SMILES string of the molecule is CCc1ccc(N(CC(=O)N(Cc2cccc(Br)c2)[C@@H](Cc2ccccc2)C(=O)NCC(C)C)S(C)(=O)=O)cc1. The Bertz CT molecular complexity index is 1380. The van der Waals surface area contributed by atoms with Crippen LogP contribution in [0.25, 0.3) is 0 Å². The van der Waals surface area contributed by atoms with Crippen molar-refractivity contribution in [1.82, 2.24) is 10.2 Å². The Morgan fingerprint density at radius 3 is 2.12 bits per heavy atom. The van der Waals surface area contributed by atoms with Crippen LogP contribution in [0.15, 0.2) is 83.3 Å². The van der Waals surface area contributed by atoms with Crippen LogP contribution >= 0.6 is 15.9 Å². The molecule has 0 aliphatic carbocycles. The van der Waals surface area contributed by atoms with Crippen LogP contribution in [0.1, 0.15) is 37.5 Å².